The monoisotopic (exact) mass is 324 g/mol. The zero-order valence-corrected chi connectivity index (χ0v) is 11.6. The van der Waals surface area contributed by atoms with Crippen LogP contribution in [0.5, 0.6) is 5.88 Å². The van der Waals surface area contributed by atoms with Crippen LogP contribution < -0.4 is 4.74 Å². The molecule has 2 rings (SSSR count). The van der Waals surface area contributed by atoms with E-state index in [1.807, 2.05) is 0 Å². The van der Waals surface area contributed by atoms with Crippen molar-refractivity contribution in [3.8, 4) is 5.88 Å². The van der Waals surface area contributed by atoms with Crippen LogP contribution in [0.25, 0.3) is 10.4 Å². The summed E-state index contributed by atoms with van der Waals surface area (Å²) < 4.78 is 31.7. The van der Waals surface area contributed by atoms with E-state index in [9.17, 15) is 13.6 Å². The standard InChI is InChI=1S/C13H7ClF2N4O2/c14-10-4-9(13(21)19-20-17)11(16)3-7(10)6-22-12-2-1-8(15)5-18-12/h1-5H,6H2. The van der Waals surface area contributed by atoms with Gasteiger partial charge < -0.3 is 4.74 Å². The van der Waals surface area contributed by atoms with E-state index in [0.29, 0.717) is 0 Å². The Morgan fingerprint density at radius 3 is 2.82 bits per heavy atom. The van der Waals surface area contributed by atoms with Crippen molar-refractivity contribution in [2.75, 3.05) is 0 Å². The van der Waals surface area contributed by atoms with Crippen LogP contribution in [-0.4, -0.2) is 10.9 Å². The molecule has 0 fully saturated rings. The summed E-state index contributed by atoms with van der Waals surface area (Å²) in [6, 6.07) is 4.50. The van der Waals surface area contributed by atoms with Gasteiger partial charge in [0, 0.05) is 21.6 Å². The highest BCUT2D eigenvalue weighted by molar-refractivity contribution is 6.31. The van der Waals surface area contributed by atoms with Crippen molar-refractivity contribution in [1.82, 2.24) is 4.98 Å². The van der Waals surface area contributed by atoms with Crippen LogP contribution in [-0.2, 0) is 6.61 Å². The maximum absolute atomic E-state index is 13.8. The fourth-order valence-electron chi connectivity index (χ4n) is 1.56. The predicted molar refractivity (Wildman–Crippen MR) is 73.4 cm³/mol. The third-order valence-corrected chi connectivity index (χ3v) is 2.93. The van der Waals surface area contributed by atoms with Crippen LogP contribution >= 0.6 is 11.6 Å². The van der Waals surface area contributed by atoms with Crippen LogP contribution in [0.15, 0.2) is 35.6 Å². The van der Waals surface area contributed by atoms with Gasteiger partial charge in [-0.2, -0.15) is 0 Å². The first kappa shape index (κ1) is 15.7. The lowest BCUT2D eigenvalue weighted by atomic mass is 10.1. The van der Waals surface area contributed by atoms with E-state index < -0.39 is 23.1 Å². The largest absolute Gasteiger partial charge is 0.473 e. The molecule has 0 radical (unpaired) electrons. The van der Waals surface area contributed by atoms with Crippen molar-refractivity contribution < 1.29 is 18.3 Å². The number of nitrogens with zero attached hydrogens (tertiary/aromatic N) is 4. The smallest absolute Gasteiger partial charge is 0.252 e. The lowest BCUT2D eigenvalue weighted by Gasteiger charge is -2.08. The van der Waals surface area contributed by atoms with Gasteiger partial charge in [0.1, 0.15) is 18.2 Å². The number of pyridine rings is 1. The van der Waals surface area contributed by atoms with E-state index in [1.54, 1.807) is 0 Å². The predicted octanol–water partition coefficient (Wildman–Crippen LogP) is 4.04. The molecule has 0 bridgehead atoms. The molecular weight excluding hydrogens is 318 g/mol. The van der Waals surface area contributed by atoms with E-state index in [1.165, 1.54) is 6.07 Å². The van der Waals surface area contributed by atoms with E-state index >= 15 is 0 Å². The second-order valence-electron chi connectivity index (χ2n) is 4.02. The number of hydrogen-bond donors (Lipinski definition) is 0. The first-order valence-electron chi connectivity index (χ1n) is 5.83. The zero-order chi connectivity index (χ0) is 16.1. The molecule has 2 aromatic rings. The van der Waals surface area contributed by atoms with Gasteiger partial charge in [0.2, 0.25) is 5.88 Å². The molecular formula is C13H7ClF2N4O2. The van der Waals surface area contributed by atoms with E-state index in [0.717, 1.165) is 24.4 Å². The van der Waals surface area contributed by atoms with Crippen LogP contribution in [0.4, 0.5) is 8.78 Å². The second kappa shape index (κ2) is 6.84. The number of carbonyl (C=O) groups is 1. The summed E-state index contributed by atoms with van der Waals surface area (Å²) in [5.74, 6) is -2.36. The Morgan fingerprint density at radius 2 is 2.18 bits per heavy atom. The van der Waals surface area contributed by atoms with Crippen molar-refractivity contribution in [2.45, 2.75) is 6.61 Å². The Hall–Kier alpha value is -2.70. The molecule has 0 aliphatic heterocycles. The molecule has 1 aromatic heterocycles. The van der Waals surface area contributed by atoms with Gasteiger partial charge in [0.15, 0.2) is 0 Å². The number of carbonyl (C=O) groups excluding carboxylic acids is 1. The van der Waals surface area contributed by atoms with Crippen molar-refractivity contribution in [1.29, 1.82) is 0 Å². The number of ether oxygens (including phenoxy) is 1. The SMILES string of the molecule is [N-]=[N+]=NC(=O)c1cc(Cl)c(COc2ccc(F)cn2)cc1F. The lowest BCUT2D eigenvalue weighted by molar-refractivity contribution is 0.0996. The van der Waals surface area contributed by atoms with Gasteiger partial charge in [0.25, 0.3) is 5.91 Å². The molecule has 0 saturated heterocycles. The Labute approximate surface area is 127 Å². The molecule has 0 unspecified atom stereocenters. The molecule has 1 heterocycles. The maximum Gasteiger partial charge on any atom is 0.252 e. The van der Waals surface area contributed by atoms with Crippen molar-refractivity contribution in [2.24, 2.45) is 5.11 Å². The van der Waals surface area contributed by atoms with Gasteiger partial charge in [-0.15, -0.1) is 0 Å². The Balaban J connectivity index is 2.18. The highest BCUT2D eigenvalue weighted by atomic mass is 35.5. The molecule has 0 spiro atoms. The molecule has 0 atom stereocenters. The summed E-state index contributed by atoms with van der Waals surface area (Å²) in [5, 5.41) is 2.85. The summed E-state index contributed by atoms with van der Waals surface area (Å²) in [4.78, 5) is 17.3. The first-order valence-corrected chi connectivity index (χ1v) is 6.20. The van der Waals surface area contributed by atoms with Crippen LogP contribution in [0.1, 0.15) is 15.9 Å². The molecule has 112 valence electrons. The third kappa shape index (κ3) is 3.69. The maximum atomic E-state index is 13.8. The van der Waals surface area contributed by atoms with Gasteiger partial charge in [-0.05, 0) is 28.8 Å². The average molecular weight is 325 g/mol. The topological polar surface area (TPSA) is 88.0 Å². The van der Waals surface area contributed by atoms with Crippen molar-refractivity contribution in [3.05, 3.63) is 68.7 Å². The summed E-state index contributed by atoms with van der Waals surface area (Å²) in [7, 11) is 0. The number of halogens is 3. The Bertz CT molecular complexity index is 761. The first-order chi connectivity index (χ1) is 10.5. The molecule has 6 nitrogen and oxygen atoms in total. The van der Waals surface area contributed by atoms with E-state index in [2.05, 4.69) is 15.0 Å². The number of aromatic nitrogens is 1. The number of rotatable bonds is 4. The van der Waals surface area contributed by atoms with Crippen LogP contribution in [0.3, 0.4) is 0 Å². The summed E-state index contributed by atoms with van der Waals surface area (Å²) >= 11 is 5.92. The highest BCUT2D eigenvalue weighted by Gasteiger charge is 2.14. The summed E-state index contributed by atoms with van der Waals surface area (Å²) in [5.41, 5.74) is 7.99. The number of amides is 1. The zero-order valence-electron chi connectivity index (χ0n) is 10.8. The number of azide groups is 1. The Kier molecular flexibility index (Phi) is 4.88. The lowest BCUT2D eigenvalue weighted by Crippen LogP contribution is -2.03. The van der Waals surface area contributed by atoms with Crippen molar-refractivity contribution in [3.63, 3.8) is 0 Å². The summed E-state index contributed by atoms with van der Waals surface area (Å²) in [6.45, 7) is -0.135. The fourth-order valence-corrected chi connectivity index (χ4v) is 1.77. The van der Waals surface area contributed by atoms with E-state index in [-0.39, 0.29) is 23.1 Å². The molecule has 0 saturated carbocycles. The average Bonchev–Trinajstić information content (AvgIpc) is 2.49. The van der Waals surface area contributed by atoms with Gasteiger partial charge in [-0.1, -0.05) is 11.6 Å². The van der Waals surface area contributed by atoms with Gasteiger partial charge >= 0.3 is 0 Å². The molecule has 9 heteroatoms. The fraction of sp³-hybridized carbons (Fsp3) is 0.0769. The van der Waals surface area contributed by atoms with Crippen molar-refractivity contribution >= 4 is 17.5 Å². The quantitative estimate of drug-likeness (QED) is 0.483. The van der Waals surface area contributed by atoms with Crippen LogP contribution in [0.2, 0.25) is 5.02 Å². The normalized spacial score (nSPS) is 9.95. The minimum absolute atomic E-state index is 0.0556. The molecule has 0 N–H and O–H groups in total. The van der Waals surface area contributed by atoms with E-state index in [4.69, 9.17) is 21.9 Å². The minimum Gasteiger partial charge on any atom is -0.473 e. The van der Waals surface area contributed by atoms with Gasteiger partial charge in [0.05, 0.1) is 11.8 Å². The Morgan fingerprint density at radius 1 is 1.41 bits per heavy atom. The van der Waals surface area contributed by atoms with Gasteiger partial charge in [-0.3, -0.25) is 4.79 Å². The van der Waals surface area contributed by atoms with Gasteiger partial charge in [-0.25, -0.2) is 13.8 Å². The molecule has 1 aromatic carbocycles. The molecule has 1 amide bonds. The summed E-state index contributed by atoms with van der Waals surface area (Å²) in [6.07, 6.45) is 0.971. The second-order valence-corrected chi connectivity index (χ2v) is 4.43. The third-order valence-electron chi connectivity index (χ3n) is 2.58. The minimum atomic E-state index is -1.07. The van der Waals surface area contributed by atoms with Crippen LogP contribution in [0, 0.1) is 11.6 Å². The number of hydrogen-bond acceptors (Lipinski definition) is 3. The number of benzene rings is 1. The molecule has 22 heavy (non-hydrogen) atoms. The molecule has 0 aliphatic rings. The highest BCUT2D eigenvalue weighted by Crippen LogP contribution is 2.23. The molecule has 0 aliphatic carbocycles.